The van der Waals surface area contributed by atoms with E-state index in [1.54, 1.807) is 6.92 Å². The number of hydrogen-bond acceptors (Lipinski definition) is 6. The van der Waals surface area contributed by atoms with Crippen LogP contribution in [0, 0.1) is 12.8 Å². The molecule has 0 radical (unpaired) electrons. The molecule has 208 valence electrons. The molecule has 0 saturated heterocycles. The summed E-state index contributed by atoms with van der Waals surface area (Å²) < 4.78 is 47.8. The predicted octanol–water partition coefficient (Wildman–Crippen LogP) is 3.76. The third kappa shape index (κ3) is 5.70. The van der Waals surface area contributed by atoms with Gasteiger partial charge in [-0.1, -0.05) is 0 Å². The van der Waals surface area contributed by atoms with Gasteiger partial charge in [0.25, 0.3) is 12.3 Å². The van der Waals surface area contributed by atoms with Crippen molar-refractivity contribution in [1.29, 1.82) is 0 Å². The number of carbonyl (C=O) groups is 2. The number of nitrogens with one attached hydrogen (secondary N) is 3. The lowest BCUT2D eigenvalue weighted by atomic mass is 10.0. The largest absolute Gasteiger partial charge is 0.493 e. The van der Waals surface area contributed by atoms with Gasteiger partial charge in [0, 0.05) is 29.3 Å². The zero-order valence-electron chi connectivity index (χ0n) is 21.5. The molecule has 12 heteroatoms. The lowest BCUT2D eigenvalue weighted by Crippen LogP contribution is -2.41. The summed E-state index contributed by atoms with van der Waals surface area (Å²) in [4.78, 5) is 36.8. The van der Waals surface area contributed by atoms with Crippen molar-refractivity contribution in [1.82, 2.24) is 25.6 Å². The molecule has 0 aliphatic heterocycles. The highest BCUT2D eigenvalue weighted by atomic mass is 19.3. The topological polar surface area (TPSA) is 129 Å². The van der Waals surface area contributed by atoms with Crippen LogP contribution in [-0.4, -0.2) is 62.8 Å². The van der Waals surface area contributed by atoms with Crippen molar-refractivity contribution in [3.05, 3.63) is 41.3 Å². The number of aryl methyl sites for hydroxylation is 1. The lowest BCUT2D eigenvalue weighted by Gasteiger charge is -2.16. The van der Waals surface area contributed by atoms with E-state index in [9.17, 15) is 27.9 Å². The van der Waals surface area contributed by atoms with Crippen molar-refractivity contribution in [2.45, 2.75) is 70.3 Å². The average molecular weight is 546 g/mol. The number of aliphatic hydroxyl groups is 1. The summed E-state index contributed by atoms with van der Waals surface area (Å²) in [5, 5.41) is 14.7. The van der Waals surface area contributed by atoms with E-state index in [2.05, 4.69) is 25.6 Å². The average Bonchev–Trinajstić information content (AvgIpc) is 3.57. The molecule has 2 fully saturated rings. The van der Waals surface area contributed by atoms with Crippen molar-refractivity contribution >= 4 is 22.8 Å². The number of ether oxygens (including phenoxy) is 1. The SMILES string of the molecule is Cc1[nH]c2c(-c3cc(C(F)F)ccc3OCC3CC3)ncnc2c1C(=O)NC1CC(NC(=O)[C@H](C)O)CC1F. The highest BCUT2D eigenvalue weighted by Crippen LogP contribution is 2.38. The van der Waals surface area contributed by atoms with Crippen molar-refractivity contribution in [3.8, 4) is 17.0 Å². The summed E-state index contributed by atoms with van der Waals surface area (Å²) in [5.74, 6) is -0.325. The number of H-pyrrole nitrogens is 1. The van der Waals surface area contributed by atoms with Crippen LogP contribution in [0.15, 0.2) is 24.5 Å². The Kier molecular flexibility index (Phi) is 7.48. The van der Waals surface area contributed by atoms with Gasteiger partial charge < -0.3 is 25.5 Å². The summed E-state index contributed by atoms with van der Waals surface area (Å²) in [7, 11) is 0. The standard InChI is InChI=1S/C27H30F3N5O4/c1-12-21(27(38)35-19-9-16(8-18(19)28)34-26(37)13(2)36)23-24(33-12)22(31-11-32-23)17-7-15(25(29)30)5-6-20(17)39-10-14-3-4-14/h5-7,11,13-14,16,18-19,25,33,36H,3-4,8-10H2,1-2H3,(H,34,37)(H,35,38)/t13-,16?,18?,19?/m0/s1. The molecule has 4 N–H and O–H groups in total. The maximum atomic E-state index is 14.7. The van der Waals surface area contributed by atoms with Gasteiger partial charge in [0.15, 0.2) is 0 Å². The van der Waals surface area contributed by atoms with Crippen molar-refractivity contribution < 1.29 is 32.6 Å². The first kappa shape index (κ1) is 26.9. The van der Waals surface area contributed by atoms with Crippen LogP contribution in [0.5, 0.6) is 5.75 Å². The number of alkyl halides is 3. The molecule has 3 aromatic rings. The third-order valence-corrected chi connectivity index (χ3v) is 7.21. The minimum absolute atomic E-state index is 0.00665. The third-order valence-electron chi connectivity index (χ3n) is 7.21. The molecule has 4 atom stereocenters. The van der Waals surface area contributed by atoms with E-state index in [1.165, 1.54) is 31.5 Å². The van der Waals surface area contributed by atoms with Gasteiger partial charge in [-0.05, 0) is 57.2 Å². The van der Waals surface area contributed by atoms with E-state index in [1.807, 2.05) is 0 Å². The number of fused-ring (bicyclic) bond motifs is 1. The molecule has 5 rings (SSSR count). The van der Waals surface area contributed by atoms with Crippen LogP contribution >= 0.6 is 0 Å². The number of amides is 2. The molecule has 0 bridgehead atoms. The molecule has 2 saturated carbocycles. The van der Waals surface area contributed by atoms with Gasteiger partial charge in [-0.25, -0.2) is 23.1 Å². The maximum Gasteiger partial charge on any atom is 0.263 e. The van der Waals surface area contributed by atoms with Crippen LogP contribution in [0.1, 0.15) is 60.6 Å². The molecule has 2 aliphatic rings. The zero-order valence-corrected chi connectivity index (χ0v) is 21.5. The van der Waals surface area contributed by atoms with E-state index in [4.69, 9.17) is 4.74 Å². The maximum absolute atomic E-state index is 14.7. The Morgan fingerprint density at radius 2 is 1.97 bits per heavy atom. The number of carbonyl (C=O) groups excluding carboxylic acids is 2. The Labute approximate surface area is 222 Å². The first-order valence-corrected chi connectivity index (χ1v) is 12.9. The molecule has 2 aromatic heterocycles. The molecule has 2 heterocycles. The fourth-order valence-electron chi connectivity index (χ4n) is 4.91. The van der Waals surface area contributed by atoms with E-state index in [-0.39, 0.29) is 29.5 Å². The van der Waals surface area contributed by atoms with Crippen LogP contribution in [0.3, 0.4) is 0 Å². The molecular formula is C27H30F3N5O4. The molecule has 1 aromatic carbocycles. The molecule has 2 aliphatic carbocycles. The molecule has 9 nitrogen and oxygen atoms in total. The summed E-state index contributed by atoms with van der Waals surface area (Å²) in [6, 6.07) is 2.78. The Balaban J connectivity index is 1.43. The summed E-state index contributed by atoms with van der Waals surface area (Å²) in [6.07, 6.45) is -1.78. The fraction of sp³-hybridized carbons (Fsp3) is 0.481. The molecular weight excluding hydrogens is 515 g/mol. The van der Waals surface area contributed by atoms with Gasteiger partial charge in [-0.2, -0.15) is 0 Å². The number of nitrogens with zero attached hydrogens (tertiary/aromatic N) is 2. The van der Waals surface area contributed by atoms with E-state index >= 15 is 0 Å². The molecule has 2 amide bonds. The normalized spacial score (nSPS) is 21.8. The van der Waals surface area contributed by atoms with E-state index in [0.29, 0.717) is 40.7 Å². The minimum Gasteiger partial charge on any atom is -0.493 e. The Hall–Kier alpha value is -3.67. The first-order valence-electron chi connectivity index (χ1n) is 12.9. The van der Waals surface area contributed by atoms with Crippen LogP contribution in [0.2, 0.25) is 0 Å². The fourth-order valence-corrected chi connectivity index (χ4v) is 4.91. The smallest absolute Gasteiger partial charge is 0.263 e. The summed E-state index contributed by atoms with van der Waals surface area (Å²) in [6.45, 7) is 3.45. The number of hydrogen-bond donors (Lipinski definition) is 4. The van der Waals surface area contributed by atoms with Gasteiger partial charge in [0.2, 0.25) is 5.91 Å². The second-order valence-corrected chi connectivity index (χ2v) is 10.3. The number of aromatic amines is 1. The van der Waals surface area contributed by atoms with Gasteiger partial charge in [-0.3, -0.25) is 9.59 Å². The minimum atomic E-state index is -2.69. The number of halogens is 3. The van der Waals surface area contributed by atoms with E-state index in [0.717, 1.165) is 12.8 Å². The van der Waals surface area contributed by atoms with Crippen molar-refractivity contribution in [2.24, 2.45) is 5.92 Å². The highest BCUT2D eigenvalue weighted by Gasteiger charge is 2.37. The Morgan fingerprint density at radius 3 is 2.67 bits per heavy atom. The number of rotatable bonds is 9. The monoisotopic (exact) mass is 545 g/mol. The second kappa shape index (κ2) is 10.8. The Morgan fingerprint density at radius 1 is 1.21 bits per heavy atom. The van der Waals surface area contributed by atoms with Gasteiger partial charge in [-0.15, -0.1) is 0 Å². The van der Waals surface area contributed by atoms with Crippen LogP contribution in [0.25, 0.3) is 22.3 Å². The number of benzene rings is 1. The van der Waals surface area contributed by atoms with Crippen LogP contribution < -0.4 is 15.4 Å². The van der Waals surface area contributed by atoms with Crippen LogP contribution in [-0.2, 0) is 4.79 Å². The van der Waals surface area contributed by atoms with Crippen molar-refractivity contribution in [3.63, 3.8) is 0 Å². The van der Waals surface area contributed by atoms with Crippen molar-refractivity contribution in [2.75, 3.05) is 6.61 Å². The summed E-state index contributed by atoms with van der Waals surface area (Å²) in [5.41, 5.74) is 1.73. The Bertz CT molecular complexity index is 1390. The van der Waals surface area contributed by atoms with Crippen LogP contribution in [0.4, 0.5) is 13.2 Å². The lowest BCUT2D eigenvalue weighted by molar-refractivity contribution is -0.129. The number of aliphatic hydroxyl groups excluding tert-OH is 1. The molecule has 3 unspecified atom stereocenters. The number of aromatic nitrogens is 3. The van der Waals surface area contributed by atoms with Gasteiger partial charge in [0.05, 0.1) is 23.7 Å². The first-order chi connectivity index (χ1) is 18.6. The quantitative estimate of drug-likeness (QED) is 0.324. The molecule has 0 spiro atoms. The molecule has 39 heavy (non-hydrogen) atoms. The zero-order chi connectivity index (χ0) is 27.8. The highest BCUT2D eigenvalue weighted by molar-refractivity contribution is 6.09. The van der Waals surface area contributed by atoms with Gasteiger partial charge >= 0.3 is 0 Å². The summed E-state index contributed by atoms with van der Waals surface area (Å²) >= 11 is 0. The second-order valence-electron chi connectivity index (χ2n) is 10.3. The van der Waals surface area contributed by atoms with E-state index < -0.39 is 42.6 Å². The predicted molar refractivity (Wildman–Crippen MR) is 136 cm³/mol. The van der Waals surface area contributed by atoms with Gasteiger partial charge in [0.1, 0.15) is 35.6 Å².